The number of amides is 2. The number of carbonyl (C=O) groups is 2. The molecule has 6 heteroatoms. The van der Waals surface area contributed by atoms with Crippen LogP contribution >= 0.6 is 11.8 Å². The van der Waals surface area contributed by atoms with E-state index in [1.807, 2.05) is 66.7 Å². The van der Waals surface area contributed by atoms with Crippen LogP contribution in [0.5, 0.6) is 5.75 Å². The number of hydrogen-bond donors (Lipinski definition) is 2. The fraction of sp³-hybridized carbons (Fsp3) is 0.130. The van der Waals surface area contributed by atoms with Crippen LogP contribution in [0.2, 0.25) is 0 Å². The number of benzene rings is 3. The average Bonchev–Trinajstić information content (AvgIpc) is 2.73. The normalized spacial score (nSPS) is 10.2. The maximum atomic E-state index is 12.3. The number of para-hydroxylation sites is 2. The Morgan fingerprint density at radius 3 is 2.41 bits per heavy atom. The molecule has 0 saturated carbocycles. The van der Waals surface area contributed by atoms with Crippen molar-refractivity contribution in [2.24, 2.45) is 0 Å². The zero-order valence-corrected chi connectivity index (χ0v) is 16.9. The predicted octanol–water partition coefficient (Wildman–Crippen LogP) is 4.61. The van der Waals surface area contributed by atoms with Gasteiger partial charge in [0.25, 0.3) is 0 Å². The van der Waals surface area contributed by atoms with Gasteiger partial charge in [0.1, 0.15) is 5.75 Å². The fourth-order valence-corrected chi connectivity index (χ4v) is 3.49. The molecule has 0 unspecified atom stereocenters. The van der Waals surface area contributed by atoms with Crippen molar-refractivity contribution in [1.29, 1.82) is 0 Å². The number of hydrogen-bond acceptors (Lipinski definition) is 4. The van der Waals surface area contributed by atoms with Gasteiger partial charge in [0.05, 0.1) is 25.0 Å². The lowest BCUT2D eigenvalue weighted by molar-refractivity contribution is -0.115. The molecule has 2 N–H and O–H groups in total. The number of anilines is 2. The molecule has 5 nitrogen and oxygen atoms in total. The van der Waals surface area contributed by atoms with Gasteiger partial charge in [-0.3, -0.25) is 9.59 Å². The molecule has 3 aromatic carbocycles. The van der Waals surface area contributed by atoms with E-state index >= 15 is 0 Å². The molecule has 2 amide bonds. The van der Waals surface area contributed by atoms with Crippen molar-refractivity contribution in [2.45, 2.75) is 11.3 Å². The van der Waals surface area contributed by atoms with Gasteiger partial charge in [-0.05, 0) is 35.9 Å². The smallest absolute Gasteiger partial charge is 0.234 e. The van der Waals surface area contributed by atoms with E-state index in [1.54, 1.807) is 19.2 Å². The molecular weight excluding hydrogens is 384 g/mol. The number of ether oxygens (including phenoxy) is 1. The molecule has 0 aliphatic rings. The summed E-state index contributed by atoms with van der Waals surface area (Å²) in [7, 11) is 1.57. The monoisotopic (exact) mass is 406 g/mol. The van der Waals surface area contributed by atoms with Crippen LogP contribution in [0, 0.1) is 0 Å². The summed E-state index contributed by atoms with van der Waals surface area (Å²) in [6.07, 6.45) is 0.319. The van der Waals surface area contributed by atoms with Crippen molar-refractivity contribution in [3.63, 3.8) is 0 Å². The van der Waals surface area contributed by atoms with Gasteiger partial charge in [0.15, 0.2) is 0 Å². The van der Waals surface area contributed by atoms with Crippen molar-refractivity contribution in [3.8, 4) is 5.75 Å². The first-order valence-electron chi connectivity index (χ1n) is 9.13. The van der Waals surface area contributed by atoms with E-state index in [0.717, 1.165) is 10.5 Å². The molecule has 0 spiro atoms. The topological polar surface area (TPSA) is 67.4 Å². The molecule has 3 aromatic rings. The lowest BCUT2D eigenvalue weighted by Gasteiger charge is -2.10. The Kier molecular flexibility index (Phi) is 7.30. The van der Waals surface area contributed by atoms with Crippen molar-refractivity contribution in [3.05, 3.63) is 84.4 Å². The summed E-state index contributed by atoms with van der Waals surface area (Å²) in [5, 5.41) is 5.76. The Morgan fingerprint density at radius 2 is 1.62 bits per heavy atom. The van der Waals surface area contributed by atoms with Crippen molar-refractivity contribution in [1.82, 2.24) is 0 Å². The fourth-order valence-electron chi connectivity index (χ4n) is 2.73. The summed E-state index contributed by atoms with van der Waals surface area (Å²) in [5.41, 5.74) is 2.31. The number of methoxy groups -OCH3 is 1. The number of carbonyl (C=O) groups excluding carboxylic acids is 2. The minimum absolute atomic E-state index is 0.0766. The molecule has 0 radical (unpaired) electrons. The summed E-state index contributed by atoms with van der Waals surface area (Å²) in [6, 6.07) is 24.3. The van der Waals surface area contributed by atoms with Crippen LogP contribution in [-0.2, 0) is 16.0 Å². The van der Waals surface area contributed by atoms with E-state index in [9.17, 15) is 9.59 Å². The summed E-state index contributed by atoms with van der Waals surface area (Å²) in [5.74, 6) is 0.665. The van der Waals surface area contributed by atoms with E-state index in [-0.39, 0.29) is 17.6 Å². The molecule has 0 aliphatic carbocycles. The highest BCUT2D eigenvalue weighted by atomic mass is 32.2. The zero-order valence-electron chi connectivity index (χ0n) is 16.1. The minimum Gasteiger partial charge on any atom is -0.495 e. The lowest BCUT2D eigenvalue weighted by atomic mass is 10.1. The molecule has 0 aliphatic heterocycles. The van der Waals surface area contributed by atoms with Crippen LogP contribution in [0.3, 0.4) is 0 Å². The zero-order chi connectivity index (χ0) is 20.5. The van der Waals surface area contributed by atoms with E-state index in [0.29, 0.717) is 23.5 Å². The first-order valence-corrected chi connectivity index (χ1v) is 10.1. The molecule has 0 aromatic heterocycles. The third kappa shape index (κ3) is 6.40. The molecule has 0 bridgehead atoms. The molecule has 0 heterocycles. The largest absolute Gasteiger partial charge is 0.495 e. The summed E-state index contributed by atoms with van der Waals surface area (Å²) in [6.45, 7) is 0. The Hall–Kier alpha value is -3.25. The Labute approximate surface area is 174 Å². The van der Waals surface area contributed by atoms with Crippen LogP contribution in [0.15, 0.2) is 83.8 Å². The highest BCUT2D eigenvalue weighted by Crippen LogP contribution is 2.25. The van der Waals surface area contributed by atoms with Gasteiger partial charge in [0.2, 0.25) is 11.8 Å². The number of thioether (sulfide) groups is 1. The molecule has 0 saturated heterocycles. The predicted molar refractivity (Wildman–Crippen MR) is 118 cm³/mol. The van der Waals surface area contributed by atoms with Crippen molar-refractivity contribution in [2.75, 3.05) is 23.5 Å². The van der Waals surface area contributed by atoms with Gasteiger partial charge in [-0.25, -0.2) is 0 Å². The van der Waals surface area contributed by atoms with E-state index < -0.39 is 0 Å². The van der Waals surface area contributed by atoms with Gasteiger partial charge in [-0.2, -0.15) is 0 Å². The number of rotatable bonds is 8. The van der Waals surface area contributed by atoms with Gasteiger partial charge in [-0.1, -0.05) is 48.5 Å². The van der Waals surface area contributed by atoms with Crippen LogP contribution < -0.4 is 15.4 Å². The maximum absolute atomic E-state index is 12.3. The minimum atomic E-state index is -0.127. The first kappa shape index (κ1) is 20.5. The second kappa shape index (κ2) is 10.3. The standard InChI is InChI=1S/C23H22N2O3S/c1-28-21-13-6-5-12-20(21)25-23(27)16-29-19-11-7-10-18(15-19)24-22(26)14-17-8-3-2-4-9-17/h2-13,15H,14,16H2,1H3,(H,24,26)(H,25,27). The van der Waals surface area contributed by atoms with Gasteiger partial charge in [-0.15, -0.1) is 11.8 Å². The lowest BCUT2D eigenvalue weighted by Crippen LogP contribution is -2.15. The highest BCUT2D eigenvalue weighted by molar-refractivity contribution is 8.00. The third-order valence-corrected chi connectivity index (χ3v) is 5.07. The molecule has 29 heavy (non-hydrogen) atoms. The van der Waals surface area contributed by atoms with E-state index in [1.165, 1.54) is 11.8 Å². The highest BCUT2D eigenvalue weighted by Gasteiger charge is 2.09. The van der Waals surface area contributed by atoms with Crippen LogP contribution in [-0.4, -0.2) is 24.7 Å². The van der Waals surface area contributed by atoms with Crippen LogP contribution in [0.4, 0.5) is 11.4 Å². The Morgan fingerprint density at radius 1 is 0.862 bits per heavy atom. The third-order valence-electron chi connectivity index (χ3n) is 4.08. The quantitative estimate of drug-likeness (QED) is 0.536. The molecule has 148 valence electrons. The Balaban J connectivity index is 1.53. The molecule has 0 atom stereocenters. The molecule has 0 fully saturated rings. The summed E-state index contributed by atoms with van der Waals surface area (Å²) >= 11 is 1.40. The maximum Gasteiger partial charge on any atom is 0.234 e. The van der Waals surface area contributed by atoms with Crippen molar-refractivity contribution >= 4 is 35.0 Å². The van der Waals surface area contributed by atoms with Crippen molar-refractivity contribution < 1.29 is 14.3 Å². The van der Waals surface area contributed by atoms with Gasteiger partial charge in [0, 0.05) is 10.6 Å². The SMILES string of the molecule is COc1ccccc1NC(=O)CSc1cccc(NC(=O)Cc2ccccc2)c1. The summed E-state index contributed by atoms with van der Waals surface area (Å²) < 4.78 is 5.24. The van der Waals surface area contributed by atoms with Crippen LogP contribution in [0.1, 0.15) is 5.56 Å². The number of nitrogens with one attached hydrogen (secondary N) is 2. The molecule has 3 rings (SSSR count). The van der Waals surface area contributed by atoms with E-state index in [4.69, 9.17) is 4.74 Å². The Bertz CT molecular complexity index is 977. The molecular formula is C23H22N2O3S. The summed E-state index contributed by atoms with van der Waals surface area (Å²) in [4.78, 5) is 25.4. The van der Waals surface area contributed by atoms with Gasteiger partial charge < -0.3 is 15.4 Å². The second-order valence-corrected chi connectivity index (χ2v) is 7.32. The van der Waals surface area contributed by atoms with E-state index in [2.05, 4.69) is 10.6 Å². The van der Waals surface area contributed by atoms with Crippen LogP contribution in [0.25, 0.3) is 0 Å². The second-order valence-electron chi connectivity index (χ2n) is 6.28. The van der Waals surface area contributed by atoms with Gasteiger partial charge >= 0.3 is 0 Å². The average molecular weight is 407 g/mol. The first-order chi connectivity index (χ1) is 14.1.